The van der Waals surface area contributed by atoms with Crippen LogP contribution in [0, 0.1) is 0 Å². The molecule has 0 amide bonds. The molecule has 4 heteroatoms. The summed E-state index contributed by atoms with van der Waals surface area (Å²) in [7, 11) is 0. The van der Waals surface area contributed by atoms with Crippen molar-refractivity contribution in [2.75, 3.05) is 0 Å². The van der Waals surface area contributed by atoms with Crippen molar-refractivity contribution in [2.45, 2.75) is 49.6 Å². The van der Waals surface area contributed by atoms with Crippen molar-refractivity contribution in [3.8, 4) is 0 Å². The SMILES string of the molecule is CCCC(N)C(CC)Sc1ncc[nH]1. The average Bonchev–Trinajstić information content (AvgIpc) is 2.66. The van der Waals surface area contributed by atoms with E-state index in [4.69, 9.17) is 5.73 Å². The van der Waals surface area contributed by atoms with Crippen LogP contribution in [0.2, 0.25) is 0 Å². The average molecular weight is 213 g/mol. The predicted octanol–water partition coefficient (Wildman–Crippen LogP) is 2.41. The van der Waals surface area contributed by atoms with Gasteiger partial charge in [0, 0.05) is 23.7 Å². The Balaban J connectivity index is 2.46. The van der Waals surface area contributed by atoms with Gasteiger partial charge in [-0.05, 0) is 12.8 Å². The first-order valence-corrected chi connectivity index (χ1v) is 6.07. The molecule has 3 N–H and O–H groups in total. The third kappa shape index (κ3) is 3.35. The molecule has 0 aliphatic heterocycles. The van der Waals surface area contributed by atoms with Gasteiger partial charge >= 0.3 is 0 Å². The van der Waals surface area contributed by atoms with E-state index in [1.165, 1.54) is 0 Å². The molecule has 0 aliphatic carbocycles. The summed E-state index contributed by atoms with van der Waals surface area (Å²) in [6, 6.07) is 0.278. The Kier molecular flexibility index (Phi) is 5.04. The van der Waals surface area contributed by atoms with Crippen LogP contribution in [-0.4, -0.2) is 21.3 Å². The van der Waals surface area contributed by atoms with Crippen molar-refractivity contribution in [3.05, 3.63) is 12.4 Å². The van der Waals surface area contributed by atoms with Gasteiger partial charge in [0.1, 0.15) is 0 Å². The number of thioether (sulfide) groups is 1. The lowest BCUT2D eigenvalue weighted by atomic mass is 10.1. The first-order chi connectivity index (χ1) is 6.77. The minimum atomic E-state index is 0.278. The maximum absolute atomic E-state index is 6.09. The lowest BCUT2D eigenvalue weighted by Crippen LogP contribution is -2.31. The number of nitrogens with two attached hydrogens (primary N) is 1. The van der Waals surface area contributed by atoms with Gasteiger partial charge in [0.2, 0.25) is 0 Å². The molecule has 1 heterocycles. The Bertz CT molecular complexity index is 236. The van der Waals surface area contributed by atoms with Gasteiger partial charge in [-0.15, -0.1) is 0 Å². The minimum Gasteiger partial charge on any atom is -0.340 e. The summed E-state index contributed by atoms with van der Waals surface area (Å²) in [5.41, 5.74) is 6.09. The zero-order chi connectivity index (χ0) is 10.4. The summed E-state index contributed by atoms with van der Waals surface area (Å²) in [4.78, 5) is 7.29. The van der Waals surface area contributed by atoms with Crippen LogP contribution < -0.4 is 5.73 Å². The van der Waals surface area contributed by atoms with E-state index in [2.05, 4.69) is 23.8 Å². The van der Waals surface area contributed by atoms with Gasteiger partial charge in [0.25, 0.3) is 0 Å². The quantitative estimate of drug-likeness (QED) is 0.713. The van der Waals surface area contributed by atoms with E-state index in [1.807, 2.05) is 6.20 Å². The molecule has 2 unspecified atom stereocenters. The third-order valence-electron chi connectivity index (χ3n) is 2.24. The van der Waals surface area contributed by atoms with Gasteiger partial charge in [0.05, 0.1) is 0 Å². The van der Waals surface area contributed by atoms with E-state index >= 15 is 0 Å². The molecule has 0 fully saturated rings. The number of imidazole rings is 1. The van der Waals surface area contributed by atoms with Crippen LogP contribution in [0.5, 0.6) is 0 Å². The second-order valence-electron chi connectivity index (χ2n) is 3.41. The number of rotatable bonds is 6. The molecule has 2 atom stereocenters. The highest BCUT2D eigenvalue weighted by atomic mass is 32.2. The Labute approximate surface area is 89.9 Å². The van der Waals surface area contributed by atoms with Gasteiger partial charge < -0.3 is 10.7 Å². The van der Waals surface area contributed by atoms with Crippen molar-refractivity contribution < 1.29 is 0 Å². The summed E-state index contributed by atoms with van der Waals surface area (Å²) in [5.74, 6) is 0. The molecule has 0 saturated carbocycles. The summed E-state index contributed by atoms with van der Waals surface area (Å²) in [5, 5.41) is 1.45. The largest absolute Gasteiger partial charge is 0.340 e. The van der Waals surface area contributed by atoms with Gasteiger partial charge in [0.15, 0.2) is 5.16 Å². The second kappa shape index (κ2) is 6.09. The molecular formula is C10H19N3S. The fraction of sp³-hybridized carbons (Fsp3) is 0.700. The number of nitrogens with zero attached hydrogens (tertiary/aromatic N) is 1. The van der Waals surface area contributed by atoms with Crippen molar-refractivity contribution in [2.24, 2.45) is 5.73 Å². The predicted molar refractivity (Wildman–Crippen MR) is 61.4 cm³/mol. The molecule has 0 radical (unpaired) electrons. The van der Waals surface area contributed by atoms with E-state index in [1.54, 1.807) is 18.0 Å². The fourth-order valence-corrected chi connectivity index (χ4v) is 2.47. The Hall–Kier alpha value is -0.480. The topological polar surface area (TPSA) is 54.7 Å². The molecule has 14 heavy (non-hydrogen) atoms. The Morgan fingerprint density at radius 2 is 2.36 bits per heavy atom. The monoisotopic (exact) mass is 213 g/mol. The van der Waals surface area contributed by atoms with Crippen LogP contribution >= 0.6 is 11.8 Å². The molecular weight excluding hydrogens is 194 g/mol. The summed E-state index contributed by atoms with van der Waals surface area (Å²) in [6.45, 7) is 4.35. The lowest BCUT2D eigenvalue weighted by Gasteiger charge is -2.20. The van der Waals surface area contributed by atoms with Crippen LogP contribution in [0.3, 0.4) is 0 Å². The molecule has 0 spiro atoms. The zero-order valence-electron chi connectivity index (χ0n) is 8.86. The third-order valence-corrected chi connectivity index (χ3v) is 3.67. The van der Waals surface area contributed by atoms with Gasteiger partial charge in [-0.1, -0.05) is 32.0 Å². The number of H-pyrrole nitrogens is 1. The van der Waals surface area contributed by atoms with Crippen LogP contribution in [0.25, 0.3) is 0 Å². The molecule has 1 aromatic rings. The molecule has 80 valence electrons. The standard InChI is InChI=1S/C10H19N3S/c1-3-5-8(11)9(4-2)14-10-12-6-7-13-10/h6-9H,3-5,11H2,1-2H3,(H,12,13). The molecule has 0 bridgehead atoms. The van der Waals surface area contributed by atoms with Crippen molar-refractivity contribution >= 4 is 11.8 Å². The van der Waals surface area contributed by atoms with E-state index in [0.29, 0.717) is 5.25 Å². The number of hydrogen-bond donors (Lipinski definition) is 2. The number of nitrogens with one attached hydrogen (secondary N) is 1. The second-order valence-corrected chi connectivity index (χ2v) is 4.64. The molecule has 0 aliphatic rings. The highest BCUT2D eigenvalue weighted by Crippen LogP contribution is 2.25. The number of aromatic amines is 1. The van der Waals surface area contributed by atoms with Gasteiger partial charge in [-0.3, -0.25) is 0 Å². The summed E-state index contributed by atoms with van der Waals surface area (Å²) < 4.78 is 0. The van der Waals surface area contributed by atoms with Crippen LogP contribution in [-0.2, 0) is 0 Å². The van der Waals surface area contributed by atoms with E-state index in [9.17, 15) is 0 Å². The Morgan fingerprint density at radius 1 is 1.57 bits per heavy atom. The summed E-state index contributed by atoms with van der Waals surface area (Å²) in [6.07, 6.45) is 6.95. The van der Waals surface area contributed by atoms with Crippen LogP contribution in [0.15, 0.2) is 17.6 Å². The minimum absolute atomic E-state index is 0.278. The fourth-order valence-electron chi connectivity index (χ4n) is 1.45. The van der Waals surface area contributed by atoms with Crippen molar-refractivity contribution in [3.63, 3.8) is 0 Å². The van der Waals surface area contributed by atoms with Crippen LogP contribution in [0.4, 0.5) is 0 Å². The normalized spacial score (nSPS) is 15.4. The highest BCUT2D eigenvalue weighted by molar-refractivity contribution is 7.99. The molecule has 0 saturated heterocycles. The van der Waals surface area contributed by atoms with Gasteiger partial charge in [-0.2, -0.15) is 0 Å². The maximum Gasteiger partial charge on any atom is 0.165 e. The highest BCUT2D eigenvalue weighted by Gasteiger charge is 2.17. The molecule has 1 rings (SSSR count). The number of hydrogen-bond acceptors (Lipinski definition) is 3. The molecule has 1 aromatic heterocycles. The maximum atomic E-state index is 6.09. The Morgan fingerprint density at radius 3 is 2.86 bits per heavy atom. The van der Waals surface area contributed by atoms with E-state index in [0.717, 1.165) is 24.4 Å². The summed E-state index contributed by atoms with van der Waals surface area (Å²) >= 11 is 1.75. The first-order valence-electron chi connectivity index (χ1n) is 5.19. The zero-order valence-corrected chi connectivity index (χ0v) is 9.68. The number of aromatic nitrogens is 2. The van der Waals surface area contributed by atoms with Crippen molar-refractivity contribution in [1.29, 1.82) is 0 Å². The smallest absolute Gasteiger partial charge is 0.165 e. The molecule has 0 aromatic carbocycles. The van der Waals surface area contributed by atoms with Crippen molar-refractivity contribution in [1.82, 2.24) is 9.97 Å². The van der Waals surface area contributed by atoms with E-state index in [-0.39, 0.29) is 6.04 Å². The van der Waals surface area contributed by atoms with E-state index < -0.39 is 0 Å². The molecule has 3 nitrogen and oxygen atoms in total. The van der Waals surface area contributed by atoms with Crippen LogP contribution in [0.1, 0.15) is 33.1 Å². The lowest BCUT2D eigenvalue weighted by molar-refractivity contribution is 0.566. The first kappa shape index (κ1) is 11.6. The van der Waals surface area contributed by atoms with Gasteiger partial charge in [-0.25, -0.2) is 4.98 Å².